The monoisotopic (exact) mass is 386 g/mol. The molecule has 3 heterocycles. The minimum absolute atomic E-state index is 0.335. The number of carbonyl (C=O) groups is 1. The Morgan fingerprint density at radius 2 is 2.07 bits per heavy atom. The summed E-state index contributed by atoms with van der Waals surface area (Å²) in [6, 6.07) is 8.50. The molecule has 2 aromatic rings. The van der Waals surface area contributed by atoms with Gasteiger partial charge in [-0.2, -0.15) is 0 Å². The van der Waals surface area contributed by atoms with E-state index >= 15 is 0 Å². The topological polar surface area (TPSA) is 41.4 Å². The highest BCUT2D eigenvalue weighted by Gasteiger charge is 2.38. The van der Waals surface area contributed by atoms with E-state index in [1.807, 2.05) is 24.7 Å². The van der Waals surface area contributed by atoms with Gasteiger partial charge in [0.2, 0.25) is 5.91 Å². The molecule has 144 valence electrons. The first-order valence-corrected chi connectivity index (χ1v) is 10.3. The van der Waals surface area contributed by atoms with E-state index in [9.17, 15) is 4.79 Å². The zero-order chi connectivity index (χ0) is 18.6. The lowest BCUT2D eigenvalue weighted by Gasteiger charge is -2.47. The Labute approximate surface area is 165 Å². The zero-order valence-electron chi connectivity index (χ0n) is 15.6. The van der Waals surface area contributed by atoms with Crippen LogP contribution in [0.1, 0.15) is 31.2 Å². The molecule has 0 spiro atoms. The molecule has 4 rings (SSSR count). The second-order valence-electron chi connectivity index (χ2n) is 7.72. The molecule has 5 nitrogen and oxygen atoms in total. The van der Waals surface area contributed by atoms with Gasteiger partial charge in [-0.15, -0.1) is 0 Å². The summed E-state index contributed by atoms with van der Waals surface area (Å²) in [7, 11) is 0. The number of aryl methyl sites for hydroxylation is 1. The summed E-state index contributed by atoms with van der Waals surface area (Å²) >= 11 is 6.34. The second kappa shape index (κ2) is 8.44. The summed E-state index contributed by atoms with van der Waals surface area (Å²) in [5.74, 6) is 0.911. The van der Waals surface area contributed by atoms with Gasteiger partial charge in [0.05, 0.1) is 6.33 Å². The van der Waals surface area contributed by atoms with Crippen LogP contribution in [0.3, 0.4) is 0 Å². The Morgan fingerprint density at radius 1 is 1.19 bits per heavy atom. The van der Waals surface area contributed by atoms with Gasteiger partial charge in [0.15, 0.2) is 0 Å². The molecule has 1 aromatic carbocycles. The fourth-order valence-corrected chi connectivity index (χ4v) is 4.77. The maximum Gasteiger partial charge on any atom is 0.222 e. The summed E-state index contributed by atoms with van der Waals surface area (Å²) in [5.41, 5.74) is 1.20. The molecule has 2 aliphatic heterocycles. The van der Waals surface area contributed by atoms with Crippen molar-refractivity contribution in [3.8, 4) is 0 Å². The molecule has 2 saturated heterocycles. The second-order valence-corrected chi connectivity index (χ2v) is 8.13. The molecule has 2 atom stereocenters. The van der Waals surface area contributed by atoms with Gasteiger partial charge >= 0.3 is 0 Å². The predicted octanol–water partition coefficient (Wildman–Crippen LogP) is 3.44. The van der Waals surface area contributed by atoms with Crippen molar-refractivity contribution in [2.75, 3.05) is 19.6 Å². The van der Waals surface area contributed by atoms with E-state index in [-0.39, 0.29) is 0 Å². The Kier molecular flexibility index (Phi) is 5.79. The number of hydrogen-bond donors (Lipinski definition) is 0. The standard InChI is InChI=1S/C21H27ClN4O/c22-19-5-2-1-4-17(19)14-25-12-8-20-18(15-25)6-7-21(27)26(20)11-3-10-24-13-9-23-16-24/h1-2,4-5,9,13,16,18,20H,3,6-8,10-12,14-15H2/t18-,20+/m1/s1. The van der Waals surface area contributed by atoms with Crippen LogP contribution in [0.4, 0.5) is 0 Å². The van der Waals surface area contributed by atoms with Gasteiger partial charge in [-0.1, -0.05) is 29.8 Å². The highest BCUT2D eigenvalue weighted by Crippen LogP contribution is 2.32. The highest BCUT2D eigenvalue weighted by atomic mass is 35.5. The number of benzene rings is 1. The summed E-state index contributed by atoms with van der Waals surface area (Å²) in [6.45, 7) is 4.75. The predicted molar refractivity (Wildman–Crippen MR) is 106 cm³/mol. The maximum atomic E-state index is 12.5. The van der Waals surface area contributed by atoms with E-state index in [2.05, 4.69) is 31.5 Å². The van der Waals surface area contributed by atoms with E-state index in [4.69, 9.17) is 11.6 Å². The zero-order valence-corrected chi connectivity index (χ0v) is 16.4. The van der Waals surface area contributed by atoms with Crippen molar-refractivity contribution < 1.29 is 4.79 Å². The van der Waals surface area contributed by atoms with Gasteiger partial charge in [0.1, 0.15) is 0 Å². The molecular weight excluding hydrogens is 360 g/mol. The molecule has 6 heteroatoms. The first-order chi connectivity index (χ1) is 13.2. The van der Waals surface area contributed by atoms with E-state index in [1.165, 1.54) is 5.56 Å². The molecule has 0 bridgehead atoms. The minimum Gasteiger partial charge on any atom is -0.339 e. The average molecular weight is 387 g/mol. The summed E-state index contributed by atoms with van der Waals surface area (Å²) < 4.78 is 2.08. The minimum atomic E-state index is 0.335. The SMILES string of the molecule is O=C1CC[C@@H]2CN(Cc3ccccc3Cl)CC[C@@H]2N1CCCn1ccnc1. The van der Waals surface area contributed by atoms with E-state index in [0.717, 1.165) is 57.0 Å². The van der Waals surface area contributed by atoms with Crippen molar-refractivity contribution in [3.05, 3.63) is 53.6 Å². The Balaban J connectivity index is 1.34. The molecule has 0 saturated carbocycles. The third-order valence-electron chi connectivity index (χ3n) is 5.95. The smallest absolute Gasteiger partial charge is 0.222 e. The maximum absolute atomic E-state index is 12.5. The number of amides is 1. The van der Waals surface area contributed by atoms with E-state index in [0.29, 0.717) is 24.3 Å². The number of nitrogens with zero attached hydrogens (tertiary/aromatic N) is 4. The molecule has 2 aliphatic rings. The fraction of sp³-hybridized carbons (Fsp3) is 0.524. The van der Waals surface area contributed by atoms with Crippen LogP contribution in [0.5, 0.6) is 0 Å². The summed E-state index contributed by atoms with van der Waals surface area (Å²) in [6.07, 6.45) is 9.37. The van der Waals surface area contributed by atoms with Gasteiger partial charge in [-0.25, -0.2) is 4.98 Å². The lowest BCUT2D eigenvalue weighted by Crippen LogP contribution is -2.56. The Hall–Kier alpha value is -1.85. The van der Waals surface area contributed by atoms with Crippen LogP contribution in [0.15, 0.2) is 43.0 Å². The molecule has 1 aromatic heterocycles. The third-order valence-corrected chi connectivity index (χ3v) is 6.32. The third kappa shape index (κ3) is 4.36. The van der Waals surface area contributed by atoms with Gasteiger partial charge in [0.25, 0.3) is 0 Å². The quantitative estimate of drug-likeness (QED) is 0.763. The van der Waals surface area contributed by atoms with Crippen molar-refractivity contribution in [2.24, 2.45) is 5.92 Å². The summed E-state index contributed by atoms with van der Waals surface area (Å²) in [5, 5.41) is 0.847. The number of rotatable bonds is 6. The molecule has 2 fully saturated rings. The Morgan fingerprint density at radius 3 is 2.89 bits per heavy atom. The number of hydrogen-bond acceptors (Lipinski definition) is 3. The van der Waals surface area contributed by atoms with Crippen LogP contribution in [-0.2, 0) is 17.9 Å². The average Bonchev–Trinajstić information content (AvgIpc) is 3.19. The van der Waals surface area contributed by atoms with Gasteiger partial charge in [-0.3, -0.25) is 9.69 Å². The van der Waals surface area contributed by atoms with Crippen molar-refractivity contribution in [1.29, 1.82) is 0 Å². The lowest BCUT2D eigenvalue weighted by molar-refractivity contribution is -0.141. The van der Waals surface area contributed by atoms with Gasteiger partial charge in [0, 0.05) is 62.6 Å². The van der Waals surface area contributed by atoms with Crippen LogP contribution >= 0.6 is 11.6 Å². The number of carbonyl (C=O) groups excluding carboxylic acids is 1. The molecule has 0 radical (unpaired) electrons. The number of halogens is 1. The number of aromatic nitrogens is 2. The van der Waals surface area contributed by atoms with Crippen molar-refractivity contribution in [3.63, 3.8) is 0 Å². The molecular formula is C21H27ClN4O. The molecule has 0 aliphatic carbocycles. The molecule has 27 heavy (non-hydrogen) atoms. The molecule has 0 N–H and O–H groups in total. The highest BCUT2D eigenvalue weighted by molar-refractivity contribution is 6.31. The Bertz CT molecular complexity index is 763. The molecule has 0 unspecified atom stereocenters. The first kappa shape index (κ1) is 18.5. The van der Waals surface area contributed by atoms with E-state index < -0.39 is 0 Å². The number of imidazole rings is 1. The largest absolute Gasteiger partial charge is 0.339 e. The fourth-order valence-electron chi connectivity index (χ4n) is 4.57. The van der Waals surface area contributed by atoms with Crippen LogP contribution in [-0.4, -0.2) is 50.9 Å². The van der Waals surface area contributed by atoms with Crippen molar-refractivity contribution >= 4 is 17.5 Å². The number of piperidine rings is 2. The van der Waals surface area contributed by atoms with Crippen molar-refractivity contribution in [1.82, 2.24) is 19.4 Å². The van der Waals surface area contributed by atoms with Gasteiger partial charge in [-0.05, 0) is 36.8 Å². The first-order valence-electron chi connectivity index (χ1n) is 9.91. The van der Waals surface area contributed by atoms with E-state index in [1.54, 1.807) is 6.20 Å². The van der Waals surface area contributed by atoms with Crippen LogP contribution in [0.2, 0.25) is 5.02 Å². The number of likely N-dealkylation sites (tertiary alicyclic amines) is 2. The van der Waals surface area contributed by atoms with Crippen molar-refractivity contribution in [2.45, 2.75) is 44.8 Å². The van der Waals surface area contributed by atoms with Crippen LogP contribution in [0.25, 0.3) is 0 Å². The van der Waals surface area contributed by atoms with Gasteiger partial charge < -0.3 is 9.47 Å². The normalized spacial score (nSPS) is 23.4. The van der Waals surface area contributed by atoms with Crippen LogP contribution in [0, 0.1) is 5.92 Å². The van der Waals surface area contributed by atoms with Crippen LogP contribution < -0.4 is 0 Å². The summed E-state index contributed by atoms with van der Waals surface area (Å²) in [4.78, 5) is 21.3. The molecule has 1 amide bonds. The lowest BCUT2D eigenvalue weighted by atomic mass is 9.83. The number of fused-ring (bicyclic) bond motifs is 1.